The summed E-state index contributed by atoms with van der Waals surface area (Å²) >= 11 is 0. The second-order valence-electron chi connectivity index (χ2n) is 7.16. The SMILES string of the molecule is COc1cc(C(=O)Nc2ccc(Nc3nc(C)cc(N(C)C)n3)cc2)cc(OC)c1OC. The smallest absolute Gasteiger partial charge is 0.255 e. The molecular formula is C23H27N5O4. The number of ether oxygens (including phenoxy) is 3. The number of aryl methyl sites for hydroxylation is 1. The summed E-state index contributed by atoms with van der Waals surface area (Å²) in [5, 5.41) is 6.05. The Bertz CT molecular complexity index is 1080. The highest BCUT2D eigenvalue weighted by atomic mass is 16.5. The predicted molar refractivity (Wildman–Crippen MR) is 125 cm³/mol. The molecule has 2 aromatic carbocycles. The van der Waals surface area contributed by atoms with Gasteiger partial charge in [-0.25, -0.2) is 4.98 Å². The lowest BCUT2D eigenvalue weighted by Crippen LogP contribution is -2.13. The molecule has 0 aliphatic carbocycles. The van der Waals surface area contributed by atoms with E-state index in [1.165, 1.54) is 21.3 Å². The Labute approximate surface area is 187 Å². The van der Waals surface area contributed by atoms with Gasteiger partial charge in [-0.2, -0.15) is 4.98 Å². The lowest BCUT2D eigenvalue weighted by molar-refractivity contribution is 0.102. The van der Waals surface area contributed by atoms with Crippen LogP contribution in [0, 0.1) is 6.92 Å². The molecule has 0 bridgehead atoms. The maximum absolute atomic E-state index is 12.8. The first kappa shape index (κ1) is 22.7. The van der Waals surface area contributed by atoms with Crippen molar-refractivity contribution in [1.82, 2.24) is 9.97 Å². The summed E-state index contributed by atoms with van der Waals surface area (Å²) in [5.41, 5.74) is 2.67. The molecule has 1 aromatic heterocycles. The fourth-order valence-corrected chi connectivity index (χ4v) is 3.02. The van der Waals surface area contributed by atoms with Gasteiger partial charge in [0.2, 0.25) is 11.7 Å². The Hall–Kier alpha value is -4.01. The van der Waals surface area contributed by atoms with E-state index in [0.717, 1.165) is 17.2 Å². The maximum Gasteiger partial charge on any atom is 0.255 e. The summed E-state index contributed by atoms with van der Waals surface area (Å²) in [4.78, 5) is 23.6. The zero-order chi connectivity index (χ0) is 23.3. The number of benzene rings is 2. The molecule has 0 radical (unpaired) electrons. The first-order valence-corrected chi connectivity index (χ1v) is 9.86. The van der Waals surface area contributed by atoms with Crippen LogP contribution in [0.5, 0.6) is 17.2 Å². The van der Waals surface area contributed by atoms with Crippen LogP contribution in [0.3, 0.4) is 0 Å². The van der Waals surface area contributed by atoms with Crippen molar-refractivity contribution in [3.63, 3.8) is 0 Å². The first-order chi connectivity index (χ1) is 15.3. The topological polar surface area (TPSA) is 97.8 Å². The molecule has 0 spiro atoms. The van der Waals surface area contributed by atoms with Crippen molar-refractivity contribution in [3.05, 3.63) is 53.7 Å². The van der Waals surface area contributed by atoms with Crippen molar-refractivity contribution in [2.45, 2.75) is 6.92 Å². The summed E-state index contributed by atoms with van der Waals surface area (Å²) in [6.45, 7) is 1.92. The van der Waals surface area contributed by atoms with Gasteiger partial charge in [-0.05, 0) is 43.3 Å². The zero-order valence-corrected chi connectivity index (χ0v) is 19.0. The minimum Gasteiger partial charge on any atom is -0.493 e. The Kier molecular flexibility index (Phi) is 6.99. The second-order valence-corrected chi connectivity index (χ2v) is 7.16. The van der Waals surface area contributed by atoms with Crippen LogP contribution >= 0.6 is 0 Å². The highest BCUT2D eigenvalue weighted by Crippen LogP contribution is 2.38. The lowest BCUT2D eigenvalue weighted by atomic mass is 10.1. The largest absolute Gasteiger partial charge is 0.493 e. The number of hydrogen-bond donors (Lipinski definition) is 2. The third-order valence-corrected chi connectivity index (χ3v) is 4.62. The number of aromatic nitrogens is 2. The van der Waals surface area contributed by atoms with Crippen molar-refractivity contribution in [2.75, 3.05) is 51.0 Å². The van der Waals surface area contributed by atoms with Crippen LogP contribution in [0.4, 0.5) is 23.1 Å². The average Bonchev–Trinajstić information content (AvgIpc) is 2.78. The van der Waals surface area contributed by atoms with Crippen LogP contribution in [0.2, 0.25) is 0 Å². The van der Waals surface area contributed by atoms with Crippen molar-refractivity contribution < 1.29 is 19.0 Å². The van der Waals surface area contributed by atoms with Gasteiger partial charge in [0.05, 0.1) is 21.3 Å². The van der Waals surface area contributed by atoms with Crippen LogP contribution in [-0.4, -0.2) is 51.3 Å². The highest BCUT2D eigenvalue weighted by molar-refractivity contribution is 6.05. The van der Waals surface area contributed by atoms with Gasteiger partial charge in [-0.15, -0.1) is 0 Å². The van der Waals surface area contributed by atoms with Crippen molar-refractivity contribution >= 4 is 29.0 Å². The fourth-order valence-electron chi connectivity index (χ4n) is 3.02. The minimum atomic E-state index is -0.303. The van der Waals surface area contributed by atoms with E-state index in [2.05, 4.69) is 20.6 Å². The van der Waals surface area contributed by atoms with E-state index in [-0.39, 0.29) is 5.91 Å². The monoisotopic (exact) mass is 437 g/mol. The number of nitrogens with zero attached hydrogens (tertiary/aromatic N) is 3. The van der Waals surface area contributed by atoms with Crippen LogP contribution in [0.1, 0.15) is 16.1 Å². The molecule has 0 atom stereocenters. The molecule has 32 heavy (non-hydrogen) atoms. The number of hydrogen-bond acceptors (Lipinski definition) is 8. The van der Waals surface area contributed by atoms with Gasteiger partial charge in [0.1, 0.15) is 5.82 Å². The number of anilines is 4. The van der Waals surface area contributed by atoms with Gasteiger partial charge in [0.15, 0.2) is 11.5 Å². The molecule has 3 rings (SSSR count). The van der Waals surface area contributed by atoms with E-state index in [0.29, 0.717) is 34.4 Å². The number of carbonyl (C=O) groups excluding carboxylic acids is 1. The van der Waals surface area contributed by atoms with Gasteiger partial charge in [-0.3, -0.25) is 4.79 Å². The van der Waals surface area contributed by atoms with Crippen LogP contribution < -0.4 is 29.7 Å². The Morgan fingerprint density at radius 1 is 0.875 bits per heavy atom. The van der Waals surface area contributed by atoms with Crippen LogP contribution in [0.15, 0.2) is 42.5 Å². The lowest BCUT2D eigenvalue weighted by Gasteiger charge is -2.15. The normalized spacial score (nSPS) is 10.3. The number of rotatable bonds is 8. The van der Waals surface area contributed by atoms with E-state index in [1.807, 2.05) is 44.1 Å². The summed E-state index contributed by atoms with van der Waals surface area (Å²) in [5.74, 6) is 2.26. The molecule has 0 aliphatic rings. The molecular weight excluding hydrogens is 410 g/mol. The zero-order valence-electron chi connectivity index (χ0n) is 19.0. The first-order valence-electron chi connectivity index (χ1n) is 9.86. The number of nitrogens with one attached hydrogen (secondary N) is 2. The molecule has 0 aliphatic heterocycles. The van der Waals surface area contributed by atoms with Crippen LogP contribution in [0.25, 0.3) is 0 Å². The molecule has 0 saturated carbocycles. The third-order valence-electron chi connectivity index (χ3n) is 4.62. The molecule has 9 heteroatoms. The van der Waals surface area contributed by atoms with Crippen molar-refractivity contribution in [3.8, 4) is 17.2 Å². The van der Waals surface area contributed by atoms with Crippen molar-refractivity contribution in [1.29, 1.82) is 0 Å². The van der Waals surface area contributed by atoms with E-state index in [1.54, 1.807) is 24.3 Å². The number of amides is 1. The molecule has 1 heterocycles. The van der Waals surface area contributed by atoms with Crippen LogP contribution in [-0.2, 0) is 0 Å². The third kappa shape index (κ3) is 5.18. The van der Waals surface area contributed by atoms with Gasteiger partial charge < -0.3 is 29.7 Å². The highest BCUT2D eigenvalue weighted by Gasteiger charge is 2.17. The molecule has 168 valence electrons. The summed E-state index contributed by atoms with van der Waals surface area (Å²) < 4.78 is 15.9. The van der Waals surface area contributed by atoms with E-state index in [4.69, 9.17) is 14.2 Å². The van der Waals surface area contributed by atoms with E-state index in [9.17, 15) is 4.79 Å². The summed E-state index contributed by atoms with van der Waals surface area (Å²) in [6.07, 6.45) is 0. The standard InChI is InChI=1S/C23H27N5O4/c1-14-11-20(28(2)3)27-23(24-14)26-17-9-7-16(8-10-17)25-22(29)15-12-18(30-4)21(32-6)19(13-15)31-5/h7-13H,1-6H3,(H,25,29)(H,24,26,27). The Balaban J connectivity index is 1.74. The van der Waals surface area contributed by atoms with E-state index >= 15 is 0 Å². The number of carbonyl (C=O) groups is 1. The van der Waals surface area contributed by atoms with Gasteiger partial charge in [0, 0.05) is 42.8 Å². The molecule has 1 amide bonds. The molecule has 0 saturated heterocycles. The Morgan fingerprint density at radius 3 is 2.00 bits per heavy atom. The molecule has 9 nitrogen and oxygen atoms in total. The second kappa shape index (κ2) is 9.86. The maximum atomic E-state index is 12.8. The van der Waals surface area contributed by atoms with E-state index < -0.39 is 0 Å². The average molecular weight is 438 g/mol. The summed E-state index contributed by atoms with van der Waals surface area (Å²) in [7, 11) is 8.38. The minimum absolute atomic E-state index is 0.303. The van der Waals surface area contributed by atoms with Gasteiger partial charge in [-0.1, -0.05) is 0 Å². The van der Waals surface area contributed by atoms with Gasteiger partial charge in [0.25, 0.3) is 5.91 Å². The molecule has 0 unspecified atom stereocenters. The quantitative estimate of drug-likeness (QED) is 0.548. The Morgan fingerprint density at radius 2 is 1.47 bits per heavy atom. The predicted octanol–water partition coefficient (Wildman–Crippen LogP) is 3.87. The van der Waals surface area contributed by atoms with Crippen molar-refractivity contribution in [2.24, 2.45) is 0 Å². The fraction of sp³-hybridized carbons (Fsp3) is 0.261. The molecule has 2 N–H and O–H groups in total. The molecule has 3 aromatic rings. The van der Waals surface area contributed by atoms with Gasteiger partial charge >= 0.3 is 0 Å². The summed E-state index contributed by atoms with van der Waals surface area (Å²) in [6, 6.07) is 12.4. The molecule has 0 fully saturated rings. The number of methoxy groups -OCH3 is 3.